The van der Waals surface area contributed by atoms with E-state index in [1.165, 1.54) is 0 Å². The minimum absolute atomic E-state index is 0.0202. The van der Waals surface area contributed by atoms with Crippen molar-refractivity contribution in [2.75, 3.05) is 18.5 Å². The van der Waals surface area contributed by atoms with Gasteiger partial charge in [-0.2, -0.15) is 0 Å². The summed E-state index contributed by atoms with van der Waals surface area (Å²) in [6, 6.07) is 7.52. The van der Waals surface area contributed by atoms with Gasteiger partial charge >= 0.3 is 5.97 Å². The smallest absolute Gasteiger partial charge is 0.306 e. The molecular weight excluding hydrogens is 268 g/mol. The van der Waals surface area contributed by atoms with E-state index in [-0.39, 0.29) is 17.9 Å². The van der Waals surface area contributed by atoms with Gasteiger partial charge in [-0.05, 0) is 50.4 Å². The Hall–Kier alpha value is -1.88. The number of hydrogen-bond donors (Lipinski definition) is 2. The first-order chi connectivity index (χ1) is 10.2. The first-order valence-corrected chi connectivity index (χ1v) is 7.48. The zero-order valence-electron chi connectivity index (χ0n) is 12.4. The van der Waals surface area contributed by atoms with Crippen LogP contribution in [0.3, 0.4) is 0 Å². The minimum Gasteiger partial charge on any atom is -0.466 e. The summed E-state index contributed by atoms with van der Waals surface area (Å²) in [6.07, 6.45) is 2.97. The number of nitrogens with one attached hydrogen (secondary N) is 2. The Morgan fingerprint density at radius 3 is 2.71 bits per heavy atom. The van der Waals surface area contributed by atoms with Crippen LogP contribution in [0.2, 0.25) is 0 Å². The van der Waals surface area contributed by atoms with Crippen LogP contribution in [-0.4, -0.2) is 31.1 Å². The quantitative estimate of drug-likeness (QED) is 0.785. The van der Waals surface area contributed by atoms with Crippen LogP contribution < -0.4 is 10.6 Å². The van der Waals surface area contributed by atoms with Crippen molar-refractivity contribution in [2.45, 2.75) is 38.6 Å². The van der Waals surface area contributed by atoms with Gasteiger partial charge in [-0.15, -0.1) is 0 Å². The molecule has 2 rings (SSSR count). The summed E-state index contributed by atoms with van der Waals surface area (Å²) in [5, 5.41) is 6.07. The summed E-state index contributed by atoms with van der Waals surface area (Å²) in [4.78, 5) is 23.2. The van der Waals surface area contributed by atoms with Crippen molar-refractivity contribution in [3.63, 3.8) is 0 Å². The molecule has 0 bridgehead atoms. The number of benzene rings is 1. The lowest BCUT2D eigenvalue weighted by molar-refractivity contribution is -0.143. The van der Waals surface area contributed by atoms with Gasteiger partial charge < -0.3 is 15.4 Å². The molecule has 1 heterocycles. The number of esters is 1. The average molecular weight is 290 g/mol. The topological polar surface area (TPSA) is 67.4 Å². The number of anilines is 1. The average Bonchev–Trinajstić information content (AvgIpc) is 3.01. The van der Waals surface area contributed by atoms with Gasteiger partial charge in [0.1, 0.15) is 0 Å². The first kappa shape index (κ1) is 15.5. The Morgan fingerprint density at radius 1 is 1.33 bits per heavy atom. The molecule has 0 saturated carbocycles. The number of ether oxygens (including phenoxy) is 1. The molecule has 1 aromatic carbocycles. The Morgan fingerprint density at radius 2 is 2.10 bits per heavy atom. The number of aryl methyl sites for hydroxylation is 1. The van der Waals surface area contributed by atoms with Gasteiger partial charge in [-0.25, -0.2) is 0 Å². The summed E-state index contributed by atoms with van der Waals surface area (Å²) in [7, 11) is 0. The van der Waals surface area contributed by atoms with Crippen molar-refractivity contribution >= 4 is 17.6 Å². The van der Waals surface area contributed by atoms with E-state index >= 15 is 0 Å². The molecule has 1 aromatic rings. The fraction of sp³-hybridized carbons (Fsp3) is 0.500. The maximum Gasteiger partial charge on any atom is 0.306 e. The number of carbonyl (C=O) groups is 2. The van der Waals surface area contributed by atoms with Gasteiger partial charge in [0.2, 0.25) is 5.91 Å². The van der Waals surface area contributed by atoms with E-state index in [9.17, 15) is 9.59 Å². The first-order valence-electron chi connectivity index (χ1n) is 7.48. The molecule has 2 N–H and O–H groups in total. The molecule has 21 heavy (non-hydrogen) atoms. The predicted octanol–water partition coefficient (Wildman–Crippen LogP) is 1.87. The highest BCUT2D eigenvalue weighted by Gasteiger charge is 2.21. The van der Waals surface area contributed by atoms with Crippen LogP contribution in [0.15, 0.2) is 24.3 Å². The van der Waals surface area contributed by atoms with Gasteiger partial charge in [0.25, 0.3) is 0 Å². The molecule has 5 nitrogen and oxygen atoms in total. The van der Waals surface area contributed by atoms with Crippen molar-refractivity contribution in [2.24, 2.45) is 0 Å². The fourth-order valence-corrected chi connectivity index (χ4v) is 2.37. The Kier molecular flexibility index (Phi) is 5.75. The molecule has 1 atom stereocenters. The predicted molar refractivity (Wildman–Crippen MR) is 81.1 cm³/mol. The van der Waals surface area contributed by atoms with Crippen LogP contribution in [0.1, 0.15) is 31.7 Å². The van der Waals surface area contributed by atoms with Crippen molar-refractivity contribution in [1.29, 1.82) is 0 Å². The van der Waals surface area contributed by atoms with Crippen LogP contribution >= 0.6 is 0 Å². The molecular formula is C16H22N2O3. The van der Waals surface area contributed by atoms with Gasteiger partial charge in [-0.1, -0.05) is 12.1 Å². The molecule has 1 amide bonds. The largest absolute Gasteiger partial charge is 0.466 e. The van der Waals surface area contributed by atoms with Crippen molar-refractivity contribution < 1.29 is 14.3 Å². The molecule has 0 spiro atoms. The summed E-state index contributed by atoms with van der Waals surface area (Å²) in [6.45, 7) is 3.12. The van der Waals surface area contributed by atoms with Crippen molar-refractivity contribution in [3.05, 3.63) is 29.8 Å². The third-order valence-corrected chi connectivity index (χ3v) is 3.52. The Balaban J connectivity index is 1.81. The third kappa shape index (κ3) is 4.86. The van der Waals surface area contributed by atoms with Gasteiger partial charge in [-0.3, -0.25) is 9.59 Å². The second kappa shape index (κ2) is 7.78. The van der Waals surface area contributed by atoms with E-state index in [4.69, 9.17) is 4.74 Å². The van der Waals surface area contributed by atoms with E-state index < -0.39 is 0 Å². The summed E-state index contributed by atoms with van der Waals surface area (Å²) < 4.78 is 4.89. The van der Waals surface area contributed by atoms with Crippen LogP contribution in [0.5, 0.6) is 0 Å². The monoisotopic (exact) mass is 290 g/mol. The Labute approximate surface area is 125 Å². The molecule has 1 aliphatic rings. The fourth-order valence-electron chi connectivity index (χ4n) is 2.37. The molecule has 1 aliphatic heterocycles. The molecule has 1 fully saturated rings. The van der Waals surface area contributed by atoms with E-state index in [2.05, 4.69) is 10.6 Å². The van der Waals surface area contributed by atoms with Crippen LogP contribution in [0.25, 0.3) is 0 Å². The molecule has 0 radical (unpaired) electrons. The third-order valence-electron chi connectivity index (χ3n) is 3.52. The van der Waals surface area contributed by atoms with Crippen molar-refractivity contribution in [1.82, 2.24) is 5.32 Å². The summed E-state index contributed by atoms with van der Waals surface area (Å²) in [5.74, 6) is -0.158. The number of hydrogen-bond acceptors (Lipinski definition) is 4. The lowest BCUT2D eigenvalue weighted by Gasteiger charge is -2.11. The normalized spacial score (nSPS) is 17.5. The van der Waals surface area contributed by atoms with E-state index in [1.54, 1.807) is 6.92 Å². The summed E-state index contributed by atoms with van der Waals surface area (Å²) in [5.41, 5.74) is 1.84. The maximum atomic E-state index is 12.0. The highest BCUT2D eigenvalue weighted by atomic mass is 16.5. The second-order valence-electron chi connectivity index (χ2n) is 5.14. The highest BCUT2D eigenvalue weighted by molar-refractivity contribution is 5.95. The minimum atomic E-state index is -0.179. The summed E-state index contributed by atoms with van der Waals surface area (Å²) >= 11 is 0. The maximum absolute atomic E-state index is 12.0. The van der Waals surface area contributed by atoms with Crippen LogP contribution in [-0.2, 0) is 20.7 Å². The number of carbonyl (C=O) groups excluding carboxylic acids is 2. The van der Waals surface area contributed by atoms with Gasteiger partial charge in [0, 0.05) is 12.1 Å². The number of amides is 1. The van der Waals surface area contributed by atoms with Gasteiger partial charge in [0.05, 0.1) is 12.6 Å². The molecule has 1 saturated heterocycles. The molecule has 0 aromatic heterocycles. The standard InChI is InChI=1S/C16H22N2O3/c1-2-21-15(19)10-7-12-5-8-13(9-6-12)18-16(20)14-4-3-11-17-14/h5-6,8-9,14,17H,2-4,7,10-11H2,1H3,(H,18,20). The van der Waals surface area contributed by atoms with Gasteiger partial charge in [0.15, 0.2) is 0 Å². The van der Waals surface area contributed by atoms with Crippen LogP contribution in [0.4, 0.5) is 5.69 Å². The molecule has 1 unspecified atom stereocenters. The Bertz CT molecular complexity index is 479. The lowest BCUT2D eigenvalue weighted by atomic mass is 10.1. The molecule has 0 aliphatic carbocycles. The SMILES string of the molecule is CCOC(=O)CCc1ccc(NC(=O)C2CCCN2)cc1. The number of rotatable bonds is 6. The van der Waals surface area contributed by atoms with E-state index in [0.717, 1.165) is 30.6 Å². The van der Waals surface area contributed by atoms with E-state index in [1.807, 2.05) is 24.3 Å². The second-order valence-corrected chi connectivity index (χ2v) is 5.14. The lowest BCUT2D eigenvalue weighted by Crippen LogP contribution is -2.35. The molecule has 5 heteroatoms. The van der Waals surface area contributed by atoms with Crippen molar-refractivity contribution in [3.8, 4) is 0 Å². The zero-order valence-corrected chi connectivity index (χ0v) is 12.4. The highest BCUT2D eigenvalue weighted by Crippen LogP contribution is 2.13. The zero-order chi connectivity index (χ0) is 15.1. The molecule has 114 valence electrons. The van der Waals surface area contributed by atoms with E-state index in [0.29, 0.717) is 19.4 Å². The van der Waals surface area contributed by atoms with Crippen LogP contribution in [0, 0.1) is 0 Å².